The smallest absolute Gasteiger partial charge is 0.0702 e. The molecule has 0 amide bonds. The van der Waals surface area contributed by atoms with Gasteiger partial charge in [-0.15, -0.1) is 12.4 Å². The fourth-order valence-electron chi connectivity index (χ4n) is 3.09. The van der Waals surface area contributed by atoms with Crippen LogP contribution in [0.5, 0.6) is 0 Å². The Kier molecular flexibility index (Phi) is 5.97. The van der Waals surface area contributed by atoms with Crippen LogP contribution in [0.25, 0.3) is 10.9 Å². The maximum Gasteiger partial charge on any atom is 0.0702 e. The summed E-state index contributed by atoms with van der Waals surface area (Å²) >= 11 is 0. The van der Waals surface area contributed by atoms with Crippen molar-refractivity contribution in [3.05, 3.63) is 42.1 Å². The number of piperazine rings is 1. The molecule has 114 valence electrons. The van der Waals surface area contributed by atoms with Gasteiger partial charge in [0.2, 0.25) is 0 Å². The van der Waals surface area contributed by atoms with Crippen LogP contribution in [-0.2, 0) is 6.54 Å². The Bertz CT molecular complexity index is 571. The van der Waals surface area contributed by atoms with Crippen LogP contribution < -0.4 is 5.32 Å². The molecule has 3 nitrogen and oxygen atoms in total. The Hall–Kier alpha value is -1.16. The predicted octanol–water partition coefficient (Wildman–Crippen LogP) is 3.23. The molecule has 1 atom stereocenters. The summed E-state index contributed by atoms with van der Waals surface area (Å²) in [7, 11) is 0. The monoisotopic (exact) mass is 305 g/mol. The van der Waals surface area contributed by atoms with Crippen LogP contribution in [0.1, 0.15) is 25.3 Å². The Morgan fingerprint density at radius 1 is 1.33 bits per heavy atom. The first-order valence-corrected chi connectivity index (χ1v) is 7.65. The van der Waals surface area contributed by atoms with Crippen molar-refractivity contribution in [3.8, 4) is 0 Å². The first kappa shape index (κ1) is 16.2. The molecule has 1 unspecified atom stereocenters. The average molecular weight is 306 g/mol. The number of halogens is 1. The highest BCUT2D eigenvalue weighted by molar-refractivity contribution is 5.85. The molecule has 2 aromatic rings. The third kappa shape index (κ3) is 3.94. The second kappa shape index (κ2) is 7.74. The van der Waals surface area contributed by atoms with Gasteiger partial charge in [0.05, 0.1) is 5.52 Å². The van der Waals surface area contributed by atoms with Crippen LogP contribution in [0.3, 0.4) is 0 Å². The Morgan fingerprint density at radius 3 is 3.10 bits per heavy atom. The van der Waals surface area contributed by atoms with Gasteiger partial charge in [-0.1, -0.05) is 25.5 Å². The molecular formula is C17H24ClN3. The number of fused-ring (bicyclic) bond motifs is 1. The van der Waals surface area contributed by atoms with E-state index in [1.165, 1.54) is 23.8 Å². The van der Waals surface area contributed by atoms with Crippen molar-refractivity contribution in [2.75, 3.05) is 19.6 Å². The number of nitrogens with zero attached hydrogens (tertiary/aromatic N) is 2. The minimum atomic E-state index is 0. The van der Waals surface area contributed by atoms with E-state index in [1.807, 2.05) is 12.3 Å². The minimum absolute atomic E-state index is 0. The van der Waals surface area contributed by atoms with Crippen molar-refractivity contribution in [1.82, 2.24) is 15.2 Å². The Morgan fingerprint density at radius 2 is 2.24 bits per heavy atom. The Labute approximate surface area is 133 Å². The van der Waals surface area contributed by atoms with E-state index in [0.29, 0.717) is 6.04 Å². The molecule has 3 rings (SSSR count). The summed E-state index contributed by atoms with van der Waals surface area (Å²) in [6.45, 7) is 6.71. The molecule has 2 heterocycles. The van der Waals surface area contributed by atoms with Gasteiger partial charge in [-0.25, -0.2) is 0 Å². The maximum absolute atomic E-state index is 4.39. The molecular weight excluding hydrogens is 282 g/mol. The summed E-state index contributed by atoms with van der Waals surface area (Å²) < 4.78 is 0. The van der Waals surface area contributed by atoms with Crippen molar-refractivity contribution >= 4 is 23.3 Å². The molecule has 1 N–H and O–H groups in total. The molecule has 0 saturated carbocycles. The highest BCUT2D eigenvalue weighted by Gasteiger charge is 2.21. The zero-order chi connectivity index (χ0) is 13.8. The summed E-state index contributed by atoms with van der Waals surface area (Å²) in [5.41, 5.74) is 2.48. The molecule has 1 fully saturated rings. The second-order valence-electron chi connectivity index (χ2n) is 5.65. The summed E-state index contributed by atoms with van der Waals surface area (Å²) in [5.74, 6) is 0. The summed E-state index contributed by atoms with van der Waals surface area (Å²) in [6.07, 6.45) is 4.39. The van der Waals surface area contributed by atoms with Gasteiger partial charge in [-0.05, 0) is 30.2 Å². The lowest BCUT2D eigenvalue weighted by molar-refractivity contribution is 0.144. The van der Waals surface area contributed by atoms with Crippen molar-refractivity contribution in [2.45, 2.75) is 32.4 Å². The normalized spacial score (nSPS) is 19.4. The summed E-state index contributed by atoms with van der Waals surface area (Å²) in [5, 5.41) is 4.76. The van der Waals surface area contributed by atoms with Crippen molar-refractivity contribution in [1.29, 1.82) is 0 Å². The zero-order valence-electron chi connectivity index (χ0n) is 12.6. The van der Waals surface area contributed by atoms with Gasteiger partial charge >= 0.3 is 0 Å². The number of hydrogen-bond acceptors (Lipinski definition) is 3. The fraction of sp³-hybridized carbons (Fsp3) is 0.471. The summed E-state index contributed by atoms with van der Waals surface area (Å²) in [4.78, 5) is 7.01. The highest BCUT2D eigenvalue weighted by atomic mass is 35.5. The van der Waals surface area contributed by atoms with Gasteiger partial charge in [-0.3, -0.25) is 9.88 Å². The van der Waals surface area contributed by atoms with E-state index in [0.717, 1.165) is 31.7 Å². The molecule has 0 radical (unpaired) electrons. The average Bonchev–Trinajstić information content (AvgIpc) is 2.49. The molecule has 0 spiro atoms. The number of hydrogen-bond donors (Lipinski definition) is 1. The number of benzene rings is 1. The molecule has 1 aliphatic rings. The van der Waals surface area contributed by atoms with Crippen molar-refractivity contribution in [2.24, 2.45) is 0 Å². The number of nitrogens with one attached hydrogen (secondary N) is 1. The lowest BCUT2D eigenvalue weighted by atomic mass is 10.1. The van der Waals surface area contributed by atoms with E-state index in [2.05, 4.69) is 46.4 Å². The quantitative estimate of drug-likeness (QED) is 0.940. The van der Waals surface area contributed by atoms with Crippen LogP contribution >= 0.6 is 12.4 Å². The van der Waals surface area contributed by atoms with Crippen LogP contribution in [0.2, 0.25) is 0 Å². The van der Waals surface area contributed by atoms with Crippen LogP contribution in [0, 0.1) is 0 Å². The van der Waals surface area contributed by atoms with Gasteiger partial charge in [0.1, 0.15) is 0 Å². The van der Waals surface area contributed by atoms with Crippen LogP contribution in [0.15, 0.2) is 36.5 Å². The molecule has 1 aliphatic heterocycles. The van der Waals surface area contributed by atoms with Gasteiger partial charge in [0.25, 0.3) is 0 Å². The topological polar surface area (TPSA) is 28.2 Å². The maximum atomic E-state index is 4.39. The van der Waals surface area contributed by atoms with E-state index >= 15 is 0 Å². The SMILES string of the molecule is CCCC1CNCCN1Cc1ccc2ncccc2c1.Cl. The predicted molar refractivity (Wildman–Crippen MR) is 91.0 cm³/mol. The van der Waals surface area contributed by atoms with Crippen molar-refractivity contribution in [3.63, 3.8) is 0 Å². The van der Waals surface area contributed by atoms with Crippen LogP contribution in [0.4, 0.5) is 0 Å². The number of aromatic nitrogens is 1. The van der Waals surface area contributed by atoms with Gasteiger partial charge in [0.15, 0.2) is 0 Å². The third-order valence-corrected chi connectivity index (χ3v) is 4.15. The highest BCUT2D eigenvalue weighted by Crippen LogP contribution is 2.18. The molecule has 1 saturated heterocycles. The van der Waals surface area contributed by atoms with E-state index in [9.17, 15) is 0 Å². The number of pyridine rings is 1. The molecule has 21 heavy (non-hydrogen) atoms. The molecule has 4 heteroatoms. The molecule has 1 aromatic heterocycles. The molecule has 0 bridgehead atoms. The van der Waals surface area contributed by atoms with E-state index < -0.39 is 0 Å². The van der Waals surface area contributed by atoms with Crippen LogP contribution in [-0.4, -0.2) is 35.6 Å². The lowest BCUT2D eigenvalue weighted by Crippen LogP contribution is -2.50. The first-order chi connectivity index (χ1) is 9.86. The van der Waals surface area contributed by atoms with E-state index in [-0.39, 0.29) is 12.4 Å². The fourth-order valence-corrected chi connectivity index (χ4v) is 3.09. The number of rotatable bonds is 4. The minimum Gasteiger partial charge on any atom is -0.314 e. The third-order valence-electron chi connectivity index (χ3n) is 4.15. The van der Waals surface area contributed by atoms with Gasteiger partial charge < -0.3 is 5.32 Å². The van der Waals surface area contributed by atoms with Gasteiger partial charge in [0, 0.05) is 43.8 Å². The van der Waals surface area contributed by atoms with E-state index in [1.54, 1.807) is 0 Å². The first-order valence-electron chi connectivity index (χ1n) is 7.65. The largest absolute Gasteiger partial charge is 0.314 e. The molecule has 1 aromatic carbocycles. The Balaban J connectivity index is 0.00000161. The zero-order valence-corrected chi connectivity index (χ0v) is 13.4. The van der Waals surface area contributed by atoms with Crippen molar-refractivity contribution < 1.29 is 0 Å². The van der Waals surface area contributed by atoms with Gasteiger partial charge in [-0.2, -0.15) is 0 Å². The standard InChI is InChI=1S/C17H23N3.ClH/c1-2-4-16-12-18-9-10-20(16)13-14-6-7-17-15(11-14)5-3-8-19-17;/h3,5-8,11,16,18H,2,4,9-10,12-13H2,1H3;1H. The summed E-state index contributed by atoms with van der Waals surface area (Å²) in [6, 6.07) is 11.5. The van der Waals surface area contributed by atoms with E-state index in [4.69, 9.17) is 0 Å². The lowest BCUT2D eigenvalue weighted by Gasteiger charge is -2.36. The second-order valence-corrected chi connectivity index (χ2v) is 5.65. The molecule has 0 aliphatic carbocycles.